The second kappa shape index (κ2) is 14.2. The molecule has 0 saturated carbocycles. The fourth-order valence-electron chi connectivity index (χ4n) is 6.13. The highest BCUT2D eigenvalue weighted by Gasteiger charge is 2.36. The Hall–Kier alpha value is -4.67. The number of carbonyl (C=O) groups excluding carboxylic acids is 1. The van der Waals surface area contributed by atoms with Crippen LogP contribution in [0.4, 0.5) is 0 Å². The predicted molar refractivity (Wildman–Crippen MR) is 194 cm³/mol. The van der Waals surface area contributed by atoms with E-state index < -0.39 is 6.04 Å². The molecule has 0 bridgehead atoms. The number of rotatable bonds is 10. The number of ether oxygens (including phenoxy) is 3. The minimum Gasteiger partial charge on any atom is -0.496 e. The second-order valence-electron chi connectivity index (χ2n) is 11.3. The third kappa shape index (κ3) is 6.18. The first-order chi connectivity index (χ1) is 23.3. The molecule has 0 aliphatic carbocycles. The van der Waals surface area contributed by atoms with Crippen molar-refractivity contribution >= 4 is 50.0 Å². The zero-order chi connectivity index (χ0) is 33.9. The van der Waals surface area contributed by atoms with Crippen molar-refractivity contribution in [2.45, 2.75) is 33.4 Å². The molecule has 48 heavy (non-hydrogen) atoms. The monoisotopic (exact) mass is 725 g/mol. The van der Waals surface area contributed by atoms with Crippen molar-refractivity contribution in [1.29, 1.82) is 0 Å². The SMILES string of the molecule is CCN(CC)C(=O)C1=C(C)N=c2s/c(=C/c3cc(Br)c(OCc4ccccc4)c(OC)c3)c(=O)n2[C@@H]1c1c(OC)ccc2ccccc12. The third-order valence-corrected chi connectivity index (χ3v) is 10.1. The number of benzene rings is 4. The minimum absolute atomic E-state index is 0.157. The standard InChI is InChI=1S/C38H36BrN3O5S/c1-6-41(7-2)37(44)32-23(3)40-38-42(34(32)33-27-16-12-11-15-26(27)17-18-29(33)45-4)36(43)31(48-38)21-25-19-28(39)35(30(20-25)46-5)47-22-24-13-9-8-10-14-24/h8-21,34H,6-7,22H2,1-5H3/b31-21+/t34-/m0/s1. The Bertz CT molecular complexity index is 2220. The van der Waals surface area contributed by atoms with E-state index in [4.69, 9.17) is 19.2 Å². The number of hydrogen-bond acceptors (Lipinski definition) is 7. The molecule has 0 spiro atoms. The average molecular weight is 727 g/mol. The summed E-state index contributed by atoms with van der Waals surface area (Å²) in [4.78, 5) is 35.8. The van der Waals surface area contributed by atoms with Crippen LogP contribution in [0.2, 0.25) is 0 Å². The number of carbonyl (C=O) groups is 1. The molecule has 1 aliphatic heterocycles. The molecule has 0 N–H and O–H groups in total. The Labute approximate surface area is 291 Å². The van der Waals surface area contributed by atoms with E-state index in [0.717, 1.165) is 27.5 Å². The van der Waals surface area contributed by atoms with E-state index in [-0.39, 0.29) is 11.5 Å². The molecule has 8 nitrogen and oxygen atoms in total. The zero-order valence-corrected chi connectivity index (χ0v) is 29.9. The van der Waals surface area contributed by atoms with Crippen molar-refractivity contribution in [3.63, 3.8) is 0 Å². The number of hydrogen-bond donors (Lipinski definition) is 0. The Morgan fingerprint density at radius 2 is 1.69 bits per heavy atom. The fraction of sp³-hybridized carbons (Fsp3) is 0.237. The summed E-state index contributed by atoms with van der Waals surface area (Å²) in [6, 6.07) is 24.7. The maximum absolute atomic E-state index is 14.5. The van der Waals surface area contributed by atoms with Gasteiger partial charge < -0.3 is 19.1 Å². The van der Waals surface area contributed by atoms with Crippen LogP contribution in [0.5, 0.6) is 17.2 Å². The maximum atomic E-state index is 14.5. The average Bonchev–Trinajstić information content (AvgIpc) is 3.40. The second-order valence-corrected chi connectivity index (χ2v) is 13.1. The number of aromatic nitrogens is 1. The van der Waals surface area contributed by atoms with E-state index in [0.29, 0.717) is 62.0 Å². The Balaban J connectivity index is 1.52. The summed E-state index contributed by atoms with van der Waals surface area (Å²) in [7, 11) is 3.20. The van der Waals surface area contributed by atoms with Gasteiger partial charge >= 0.3 is 0 Å². The first kappa shape index (κ1) is 33.2. The topological polar surface area (TPSA) is 82.4 Å². The lowest BCUT2D eigenvalue weighted by Crippen LogP contribution is -2.43. The predicted octanol–water partition coefficient (Wildman–Crippen LogP) is 6.62. The van der Waals surface area contributed by atoms with Gasteiger partial charge in [0, 0.05) is 18.7 Å². The van der Waals surface area contributed by atoms with Crippen molar-refractivity contribution in [2.24, 2.45) is 4.99 Å². The molecule has 10 heteroatoms. The molecule has 1 aromatic heterocycles. The summed E-state index contributed by atoms with van der Waals surface area (Å²) < 4.78 is 20.6. The molecule has 0 radical (unpaired) electrons. The quantitative estimate of drug-likeness (QED) is 0.162. The van der Waals surface area contributed by atoms with Gasteiger partial charge in [-0.3, -0.25) is 14.2 Å². The van der Waals surface area contributed by atoms with Gasteiger partial charge in [0.15, 0.2) is 16.3 Å². The van der Waals surface area contributed by atoms with Gasteiger partial charge in [0.25, 0.3) is 11.5 Å². The number of nitrogens with zero attached hydrogens (tertiary/aromatic N) is 3. The number of allylic oxidation sites excluding steroid dienone is 1. The highest BCUT2D eigenvalue weighted by atomic mass is 79.9. The van der Waals surface area contributed by atoms with Crippen LogP contribution >= 0.6 is 27.3 Å². The largest absolute Gasteiger partial charge is 0.496 e. The van der Waals surface area contributed by atoms with Gasteiger partial charge in [-0.25, -0.2) is 4.99 Å². The van der Waals surface area contributed by atoms with E-state index in [1.165, 1.54) is 11.3 Å². The van der Waals surface area contributed by atoms with Gasteiger partial charge in [0.2, 0.25) is 0 Å². The van der Waals surface area contributed by atoms with E-state index >= 15 is 0 Å². The number of thiazole rings is 1. The van der Waals surface area contributed by atoms with Gasteiger partial charge in [-0.15, -0.1) is 0 Å². The van der Waals surface area contributed by atoms with E-state index in [9.17, 15) is 9.59 Å². The van der Waals surface area contributed by atoms with Gasteiger partial charge in [-0.2, -0.15) is 0 Å². The summed E-state index contributed by atoms with van der Waals surface area (Å²) >= 11 is 4.94. The Morgan fingerprint density at radius 1 is 0.979 bits per heavy atom. The van der Waals surface area contributed by atoms with Crippen molar-refractivity contribution in [3.8, 4) is 17.2 Å². The number of halogens is 1. The molecule has 2 heterocycles. The van der Waals surface area contributed by atoms with Gasteiger partial charge in [0.05, 0.1) is 34.5 Å². The van der Waals surface area contributed by atoms with Crippen LogP contribution in [0.15, 0.2) is 104 Å². The molecule has 1 atom stereocenters. The molecular formula is C38H36BrN3O5S. The van der Waals surface area contributed by atoms with Gasteiger partial charge in [0.1, 0.15) is 18.4 Å². The number of methoxy groups -OCH3 is 2. The fourth-order valence-corrected chi connectivity index (χ4v) is 7.75. The first-order valence-electron chi connectivity index (χ1n) is 15.7. The van der Waals surface area contributed by atoms with Gasteiger partial charge in [-0.05, 0) is 82.9 Å². The molecule has 4 aromatic carbocycles. The molecule has 246 valence electrons. The molecule has 0 fully saturated rings. The normalized spacial score (nSPS) is 14.5. The van der Waals surface area contributed by atoms with Crippen LogP contribution < -0.4 is 29.1 Å². The highest BCUT2D eigenvalue weighted by molar-refractivity contribution is 9.10. The van der Waals surface area contributed by atoms with Crippen molar-refractivity contribution in [3.05, 3.63) is 131 Å². The summed E-state index contributed by atoms with van der Waals surface area (Å²) in [5.41, 5.74) is 3.29. The van der Waals surface area contributed by atoms with Gasteiger partial charge in [-0.1, -0.05) is 72.0 Å². The highest BCUT2D eigenvalue weighted by Crippen LogP contribution is 2.41. The lowest BCUT2D eigenvalue weighted by Gasteiger charge is -2.30. The lowest BCUT2D eigenvalue weighted by molar-refractivity contribution is -0.127. The molecular weight excluding hydrogens is 690 g/mol. The summed E-state index contributed by atoms with van der Waals surface area (Å²) in [6.07, 6.45) is 1.82. The van der Waals surface area contributed by atoms with E-state index in [1.807, 2.05) is 106 Å². The van der Waals surface area contributed by atoms with Crippen LogP contribution in [0.25, 0.3) is 16.8 Å². The van der Waals surface area contributed by atoms with Crippen LogP contribution in [0, 0.1) is 0 Å². The summed E-state index contributed by atoms with van der Waals surface area (Å²) in [5, 5.41) is 1.88. The van der Waals surface area contributed by atoms with Crippen LogP contribution in [0.3, 0.4) is 0 Å². The number of fused-ring (bicyclic) bond motifs is 2. The molecule has 0 saturated heterocycles. The third-order valence-electron chi connectivity index (χ3n) is 8.50. The van der Waals surface area contributed by atoms with E-state index in [2.05, 4.69) is 15.9 Å². The Kier molecular flexibility index (Phi) is 9.84. The number of amides is 1. The van der Waals surface area contributed by atoms with E-state index in [1.54, 1.807) is 23.7 Å². The summed E-state index contributed by atoms with van der Waals surface area (Å²) in [6.45, 7) is 7.16. The first-order valence-corrected chi connectivity index (χ1v) is 17.3. The summed E-state index contributed by atoms with van der Waals surface area (Å²) in [5.74, 6) is 1.53. The molecule has 1 amide bonds. The maximum Gasteiger partial charge on any atom is 0.271 e. The molecule has 1 aliphatic rings. The van der Waals surface area contributed by atoms with Crippen LogP contribution in [0.1, 0.15) is 43.5 Å². The lowest BCUT2D eigenvalue weighted by atomic mass is 9.90. The number of likely N-dealkylation sites (N-methyl/N-ethyl adjacent to an activating group) is 1. The molecule has 0 unspecified atom stereocenters. The Morgan fingerprint density at radius 3 is 2.40 bits per heavy atom. The van der Waals surface area contributed by atoms with Crippen LogP contribution in [-0.4, -0.2) is 42.7 Å². The van der Waals surface area contributed by atoms with Crippen LogP contribution in [-0.2, 0) is 11.4 Å². The molecule has 5 aromatic rings. The minimum atomic E-state index is -0.757. The van der Waals surface area contributed by atoms with Crippen molar-refractivity contribution in [2.75, 3.05) is 27.3 Å². The zero-order valence-electron chi connectivity index (χ0n) is 27.5. The van der Waals surface area contributed by atoms with Crippen molar-refractivity contribution < 1.29 is 19.0 Å². The molecule has 6 rings (SSSR count). The smallest absolute Gasteiger partial charge is 0.271 e. The van der Waals surface area contributed by atoms with Crippen molar-refractivity contribution in [1.82, 2.24) is 9.47 Å².